The maximum atomic E-state index is 12.3. The Labute approximate surface area is 105 Å². The average Bonchev–Trinajstić information content (AvgIpc) is 2.60. The predicted molar refractivity (Wildman–Crippen MR) is 62.4 cm³/mol. The Morgan fingerprint density at radius 3 is 2.82 bits per heavy atom. The van der Waals surface area contributed by atoms with Gasteiger partial charge in [0.15, 0.2) is 0 Å². The molecule has 1 aliphatic rings. The first-order chi connectivity index (χ1) is 7.94. The maximum absolute atomic E-state index is 12.3. The highest BCUT2D eigenvalue weighted by Crippen LogP contribution is 2.24. The van der Waals surface area contributed by atoms with Gasteiger partial charge in [0.2, 0.25) is 5.03 Å². The number of rotatable bonds is 2. The molecule has 6 nitrogen and oxygen atoms in total. The minimum atomic E-state index is -3.63. The molecule has 1 aromatic heterocycles. The molecule has 1 atom stereocenters. The zero-order chi connectivity index (χ0) is 12.6. The third-order valence-electron chi connectivity index (χ3n) is 2.69. The summed E-state index contributed by atoms with van der Waals surface area (Å²) in [4.78, 5) is 3.86. The van der Waals surface area contributed by atoms with Crippen LogP contribution in [-0.2, 0) is 21.8 Å². The van der Waals surface area contributed by atoms with E-state index in [4.69, 9.17) is 16.3 Å². The lowest BCUT2D eigenvalue weighted by atomic mass is 10.3. The number of hydrogen-bond donors (Lipinski definition) is 0. The van der Waals surface area contributed by atoms with E-state index in [2.05, 4.69) is 4.98 Å². The van der Waals surface area contributed by atoms with Gasteiger partial charge >= 0.3 is 0 Å². The number of morpholine rings is 1. The highest BCUT2D eigenvalue weighted by atomic mass is 35.5. The fourth-order valence-electron chi connectivity index (χ4n) is 1.75. The highest BCUT2D eigenvalue weighted by Gasteiger charge is 2.34. The number of imidazole rings is 1. The lowest BCUT2D eigenvalue weighted by molar-refractivity contribution is 0.0392. The molecule has 2 heterocycles. The Balaban J connectivity index is 2.39. The van der Waals surface area contributed by atoms with Crippen LogP contribution in [-0.4, -0.2) is 48.1 Å². The van der Waals surface area contributed by atoms with Crippen LogP contribution < -0.4 is 0 Å². The summed E-state index contributed by atoms with van der Waals surface area (Å²) < 4.78 is 32.7. The molecule has 1 aromatic rings. The molecule has 0 aliphatic carbocycles. The Bertz CT molecular complexity index is 514. The number of hydrogen-bond acceptors (Lipinski definition) is 4. The smallest absolute Gasteiger partial charge is 0.264 e. The van der Waals surface area contributed by atoms with Gasteiger partial charge in [-0.15, -0.1) is 0 Å². The van der Waals surface area contributed by atoms with E-state index < -0.39 is 10.0 Å². The molecule has 96 valence electrons. The molecule has 17 heavy (non-hydrogen) atoms. The summed E-state index contributed by atoms with van der Waals surface area (Å²) in [5, 5.41) is 0.0408. The second-order valence-corrected chi connectivity index (χ2v) is 6.15. The molecule has 1 aliphatic heterocycles. The summed E-state index contributed by atoms with van der Waals surface area (Å²) in [5.74, 6) is 0. The summed E-state index contributed by atoms with van der Waals surface area (Å²) in [7, 11) is -1.98. The van der Waals surface area contributed by atoms with E-state index in [1.165, 1.54) is 15.2 Å². The molecule has 0 amide bonds. The Morgan fingerprint density at radius 2 is 2.29 bits per heavy atom. The fourth-order valence-corrected chi connectivity index (χ4v) is 3.74. The van der Waals surface area contributed by atoms with E-state index in [0.29, 0.717) is 19.8 Å². The van der Waals surface area contributed by atoms with Crippen LogP contribution >= 0.6 is 11.6 Å². The van der Waals surface area contributed by atoms with E-state index >= 15 is 0 Å². The Hall–Kier alpha value is -0.630. The molecule has 8 heteroatoms. The first kappa shape index (κ1) is 12.8. The van der Waals surface area contributed by atoms with Crippen molar-refractivity contribution < 1.29 is 13.2 Å². The highest BCUT2D eigenvalue weighted by molar-refractivity contribution is 7.89. The average molecular weight is 280 g/mol. The first-order valence-electron chi connectivity index (χ1n) is 5.21. The van der Waals surface area contributed by atoms with Crippen LogP contribution in [0.2, 0.25) is 5.15 Å². The Morgan fingerprint density at radius 1 is 1.59 bits per heavy atom. The third kappa shape index (κ3) is 2.20. The monoisotopic (exact) mass is 279 g/mol. The van der Waals surface area contributed by atoms with Gasteiger partial charge in [-0.05, 0) is 6.92 Å². The van der Waals surface area contributed by atoms with Crippen LogP contribution in [0.3, 0.4) is 0 Å². The number of aromatic nitrogens is 2. The topological polar surface area (TPSA) is 64.4 Å². The first-order valence-corrected chi connectivity index (χ1v) is 7.03. The maximum Gasteiger partial charge on any atom is 0.264 e. The van der Waals surface area contributed by atoms with Crippen LogP contribution in [0.15, 0.2) is 11.4 Å². The summed E-state index contributed by atoms with van der Waals surface area (Å²) in [6.07, 6.45) is 1.39. The third-order valence-corrected chi connectivity index (χ3v) is 5.20. The Kier molecular flexibility index (Phi) is 3.44. The SMILES string of the molecule is C[C@H]1COCCN1S(=O)(=O)c1ncn(C)c1Cl. The van der Waals surface area contributed by atoms with E-state index in [0.717, 1.165) is 0 Å². The lowest BCUT2D eigenvalue weighted by Crippen LogP contribution is -2.47. The quantitative estimate of drug-likeness (QED) is 0.790. The van der Waals surface area contributed by atoms with Crippen molar-refractivity contribution in [2.45, 2.75) is 18.0 Å². The summed E-state index contributed by atoms with van der Waals surface area (Å²) >= 11 is 5.92. The van der Waals surface area contributed by atoms with Crippen LogP contribution in [0, 0.1) is 0 Å². The largest absolute Gasteiger partial charge is 0.378 e. The van der Waals surface area contributed by atoms with E-state index in [9.17, 15) is 8.42 Å². The standard InChI is InChI=1S/C9H14ClN3O3S/c1-7-5-16-4-3-13(7)17(14,15)9-8(10)12(2)6-11-9/h6-7H,3-5H2,1-2H3/t7-/m0/s1. The van der Waals surface area contributed by atoms with E-state index in [-0.39, 0.29) is 16.2 Å². The van der Waals surface area contributed by atoms with Crippen molar-refractivity contribution in [1.82, 2.24) is 13.9 Å². The molecule has 1 fully saturated rings. The van der Waals surface area contributed by atoms with E-state index in [1.54, 1.807) is 14.0 Å². The second kappa shape index (κ2) is 4.56. The van der Waals surface area contributed by atoms with Crippen molar-refractivity contribution in [3.05, 3.63) is 11.5 Å². The molecule has 0 aromatic carbocycles. The second-order valence-electron chi connectivity index (χ2n) is 3.99. The fraction of sp³-hybridized carbons (Fsp3) is 0.667. The molecule has 0 radical (unpaired) electrons. The van der Waals surface area contributed by atoms with E-state index in [1.807, 2.05) is 0 Å². The van der Waals surface area contributed by atoms with Crippen LogP contribution in [0.4, 0.5) is 0 Å². The van der Waals surface area contributed by atoms with Gasteiger partial charge in [-0.3, -0.25) is 0 Å². The van der Waals surface area contributed by atoms with Gasteiger partial charge in [-0.25, -0.2) is 13.4 Å². The van der Waals surface area contributed by atoms with Gasteiger partial charge in [0.25, 0.3) is 10.0 Å². The molecule has 1 saturated heterocycles. The molecule has 0 unspecified atom stereocenters. The van der Waals surface area contributed by atoms with Crippen molar-refractivity contribution in [1.29, 1.82) is 0 Å². The molecular weight excluding hydrogens is 266 g/mol. The van der Waals surface area contributed by atoms with Crippen molar-refractivity contribution in [3.63, 3.8) is 0 Å². The molecule has 0 bridgehead atoms. The number of halogens is 1. The zero-order valence-electron chi connectivity index (χ0n) is 9.63. The summed E-state index contributed by atoms with van der Waals surface area (Å²) in [6, 6.07) is -0.202. The van der Waals surface area contributed by atoms with Crippen molar-refractivity contribution in [3.8, 4) is 0 Å². The van der Waals surface area contributed by atoms with Gasteiger partial charge in [-0.2, -0.15) is 4.31 Å². The van der Waals surface area contributed by atoms with Gasteiger partial charge < -0.3 is 9.30 Å². The normalized spacial score (nSPS) is 22.9. The zero-order valence-corrected chi connectivity index (χ0v) is 11.2. The van der Waals surface area contributed by atoms with Crippen LogP contribution in [0.25, 0.3) is 0 Å². The van der Waals surface area contributed by atoms with Gasteiger partial charge in [0.1, 0.15) is 5.15 Å². The summed E-state index contributed by atoms with van der Waals surface area (Å²) in [5.41, 5.74) is 0. The van der Waals surface area contributed by atoms with Crippen LogP contribution in [0.1, 0.15) is 6.92 Å². The number of sulfonamides is 1. The number of nitrogens with zero attached hydrogens (tertiary/aromatic N) is 3. The number of ether oxygens (including phenoxy) is 1. The van der Waals surface area contributed by atoms with Gasteiger partial charge in [0.05, 0.1) is 19.5 Å². The van der Waals surface area contributed by atoms with Gasteiger partial charge in [0, 0.05) is 19.6 Å². The molecular formula is C9H14ClN3O3S. The number of aryl methyl sites for hydroxylation is 1. The summed E-state index contributed by atoms with van der Waals surface area (Å²) in [6.45, 7) is 2.92. The molecule has 0 N–H and O–H groups in total. The van der Waals surface area contributed by atoms with Crippen molar-refractivity contribution in [2.24, 2.45) is 7.05 Å². The van der Waals surface area contributed by atoms with Crippen molar-refractivity contribution >= 4 is 21.6 Å². The minimum absolute atomic E-state index is 0.0876. The van der Waals surface area contributed by atoms with Gasteiger partial charge in [-0.1, -0.05) is 11.6 Å². The minimum Gasteiger partial charge on any atom is -0.378 e. The van der Waals surface area contributed by atoms with Crippen LogP contribution in [0.5, 0.6) is 0 Å². The predicted octanol–water partition coefficient (Wildman–Crippen LogP) is 0.483. The van der Waals surface area contributed by atoms with Crippen molar-refractivity contribution in [2.75, 3.05) is 19.8 Å². The molecule has 0 spiro atoms. The molecule has 2 rings (SSSR count). The molecule has 0 saturated carbocycles. The lowest BCUT2D eigenvalue weighted by Gasteiger charge is -2.31.